The topological polar surface area (TPSA) is 60.4 Å². The van der Waals surface area contributed by atoms with Crippen LogP contribution in [0.15, 0.2) is 47.4 Å². The lowest BCUT2D eigenvalue weighted by Gasteiger charge is -2.41. The van der Waals surface area contributed by atoms with Crippen molar-refractivity contribution < 1.29 is 26.7 Å². The molecule has 0 unspecified atom stereocenters. The van der Waals surface area contributed by atoms with Gasteiger partial charge in [0.05, 0.1) is 12.0 Å². The molecule has 0 heterocycles. The quantitative estimate of drug-likeness (QED) is 0.478. The minimum absolute atomic E-state index is 0.0239. The fraction of sp³-hybridized carbons (Fsp3) is 0.435. The molecule has 0 aromatic heterocycles. The molecule has 1 saturated carbocycles. The molecule has 168 valence electrons. The van der Waals surface area contributed by atoms with E-state index in [4.69, 9.17) is 11.6 Å². The van der Waals surface area contributed by atoms with E-state index in [1.54, 1.807) is 0 Å². The van der Waals surface area contributed by atoms with E-state index in [0.29, 0.717) is 24.3 Å². The van der Waals surface area contributed by atoms with Crippen LogP contribution < -0.4 is 0 Å². The Balaban J connectivity index is 2.04. The summed E-state index contributed by atoms with van der Waals surface area (Å²) < 4.78 is 59.8. The number of hydrogen-bond donors (Lipinski definition) is 0. The average Bonchev–Trinajstić information content (AvgIpc) is 2.75. The molecular formula is C23H25ClF2O4S. The predicted molar refractivity (Wildman–Crippen MR) is 114 cm³/mol. The van der Waals surface area contributed by atoms with Crippen LogP contribution in [0.25, 0.3) is 0 Å². The molecule has 0 amide bonds. The van der Waals surface area contributed by atoms with Gasteiger partial charge in [-0.1, -0.05) is 24.4 Å². The molecule has 0 N–H and O–H groups in total. The molecule has 2 aromatic rings. The van der Waals surface area contributed by atoms with E-state index in [1.807, 2.05) is 0 Å². The van der Waals surface area contributed by atoms with Gasteiger partial charge in [0.15, 0.2) is 9.84 Å². The zero-order valence-electron chi connectivity index (χ0n) is 17.2. The van der Waals surface area contributed by atoms with Gasteiger partial charge in [-0.05, 0) is 74.1 Å². The van der Waals surface area contributed by atoms with Crippen molar-refractivity contribution in [3.05, 3.63) is 64.7 Å². The highest BCUT2D eigenvalue weighted by atomic mass is 35.5. The highest BCUT2D eigenvalue weighted by Gasteiger charge is 2.50. The molecule has 0 bridgehead atoms. The fourth-order valence-corrected chi connectivity index (χ4v) is 6.94. The fourth-order valence-electron chi connectivity index (χ4n) is 4.55. The Kier molecular flexibility index (Phi) is 7.37. The maximum Gasteiger partial charge on any atom is 0.305 e. The third-order valence-corrected chi connectivity index (χ3v) is 8.85. The first kappa shape index (κ1) is 23.7. The van der Waals surface area contributed by atoms with Crippen LogP contribution in [0, 0.1) is 17.6 Å². The molecule has 1 aliphatic rings. The van der Waals surface area contributed by atoms with Crippen LogP contribution in [0.5, 0.6) is 0 Å². The molecule has 31 heavy (non-hydrogen) atoms. The first-order valence-corrected chi connectivity index (χ1v) is 12.1. The van der Waals surface area contributed by atoms with Gasteiger partial charge in [0.25, 0.3) is 0 Å². The van der Waals surface area contributed by atoms with Crippen LogP contribution in [0.2, 0.25) is 5.02 Å². The molecule has 3 rings (SSSR count). The first-order valence-electron chi connectivity index (χ1n) is 10.2. The van der Waals surface area contributed by atoms with Crippen LogP contribution in [-0.4, -0.2) is 21.5 Å². The summed E-state index contributed by atoms with van der Waals surface area (Å²) in [5, 5.41) is 0.384. The van der Waals surface area contributed by atoms with E-state index in [0.717, 1.165) is 24.6 Å². The van der Waals surface area contributed by atoms with Crippen molar-refractivity contribution in [1.82, 2.24) is 0 Å². The van der Waals surface area contributed by atoms with Gasteiger partial charge in [-0.15, -0.1) is 0 Å². The lowest BCUT2D eigenvalue weighted by Crippen LogP contribution is -2.41. The Morgan fingerprint density at radius 2 is 1.90 bits per heavy atom. The number of sulfone groups is 1. The van der Waals surface area contributed by atoms with Crippen LogP contribution >= 0.6 is 11.6 Å². The monoisotopic (exact) mass is 470 g/mol. The number of carbonyl (C=O) groups excluding carboxylic acids is 1. The molecule has 4 nitrogen and oxygen atoms in total. The lowest BCUT2D eigenvalue weighted by atomic mass is 9.75. The summed E-state index contributed by atoms with van der Waals surface area (Å²) >= 11 is 5.92. The van der Waals surface area contributed by atoms with Crippen molar-refractivity contribution >= 4 is 27.4 Å². The van der Waals surface area contributed by atoms with Gasteiger partial charge in [0.1, 0.15) is 16.4 Å². The zero-order valence-corrected chi connectivity index (χ0v) is 18.8. The summed E-state index contributed by atoms with van der Waals surface area (Å²) in [5.74, 6) is -1.81. The van der Waals surface area contributed by atoms with Gasteiger partial charge in [-0.25, -0.2) is 17.2 Å². The molecule has 0 aliphatic heterocycles. The molecule has 2 aromatic carbocycles. The normalized spacial score (nSPS) is 21.6. The number of halogens is 3. The van der Waals surface area contributed by atoms with Gasteiger partial charge < -0.3 is 4.74 Å². The largest absolute Gasteiger partial charge is 0.469 e. The van der Waals surface area contributed by atoms with Crippen LogP contribution in [0.1, 0.15) is 50.5 Å². The zero-order chi connectivity index (χ0) is 22.6. The molecule has 1 fully saturated rings. The van der Waals surface area contributed by atoms with Gasteiger partial charge in [-0.3, -0.25) is 4.79 Å². The Hall–Kier alpha value is -1.99. The maximum absolute atomic E-state index is 14.9. The summed E-state index contributed by atoms with van der Waals surface area (Å²) in [7, 11) is -2.75. The molecule has 0 spiro atoms. The third kappa shape index (κ3) is 4.93. The van der Waals surface area contributed by atoms with Crippen molar-refractivity contribution in [3.63, 3.8) is 0 Å². The Bertz CT molecular complexity index is 1040. The first-order chi connectivity index (χ1) is 14.7. The smallest absolute Gasteiger partial charge is 0.305 e. The number of rotatable bonds is 7. The van der Waals surface area contributed by atoms with E-state index in [-0.39, 0.29) is 41.6 Å². The van der Waals surface area contributed by atoms with Gasteiger partial charge in [0, 0.05) is 17.0 Å². The van der Waals surface area contributed by atoms with E-state index in [1.165, 1.54) is 31.4 Å². The average molecular weight is 471 g/mol. The SMILES string of the molecule is COC(=O)CCC[C@@H]1CCC[C@](c2cc(F)ccc2F)(S(=O)(=O)c2ccc(Cl)cc2)C1. The number of esters is 1. The molecule has 0 saturated heterocycles. The summed E-state index contributed by atoms with van der Waals surface area (Å²) in [6.07, 6.45) is 3.02. The number of methoxy groups -OCH3 is 1. The molecule has 1 aliphatic carbocycles. The maximum atomic E-state index is 14.9. The highest BCUT2D eigenvalue weighted by Crippen LogP contribution is 2.50. The Morgan fingerprint density at radius 1 is 1.19 bits per heavy atom. The van der Waals surface area contributed by atoms with Gasteiger partial charge >= 0.3 is 5.97 Å². The number of ether oxygens (including phenoxy) is 1. The highest BCUT2D eigenvalue weighted by molar-refractivity contribution is 7.92. The third-order valence-electron chi connectivity index (χ3n) is 6.09. The molecular weight excluding hydrogens is 446 g/mol. The van der Waals surface area contributed by atoms with Crippen molar-refractivity contribution in [1.29, 1.82) is 0 Å². The summed E-state index contributed by atoms with van der Waals surface area (Å²) in [4.78, 5) is 11.5. The van der Waals surface area contributed by atoms with Crippen LogP contribution in [0.4, 0.5) is 8.78 Å². The molecule has 2 atom stereocenters. The lowest BCUT2D eigenvalue weighted by molar-refractivity contribution is -0.140. The van der Waals surface area contributed by atoms with Crippen molar-refractivity contribution in [2.75, 3.05) is 7.11 Å². The van der Waals surface area contributed by atoms with Gasteiger partial charge in [-0.2, -0.15) is 0 Å². The van der Waals surface area contributed by atoms with E-state index < -0.39 is 26.2 Å². The Morgan fingerprint density at radius 3 is 2.58 bits per heavy atom. The minimum Gasteiger partial charge on any atom is -0.469 e. The van der Waals surface area contributed by atoms with E-state index in [2.05, 4.69) is 4.74 Å². The summed E-state index contributed by atoms with van der Waals surface area (Å²) in [6, 6.07) is 8.71. The second-order valence-corrected chi connectivity index (χ2v) is 10.7. The molecule has 8 heteroatoms. The van der Waals surface area contributed by atoms with E-state index >= 15 is 0 Å². The van der Waals surface area contributed by atoms with Crippen LogP contribution in [-0.2, 0) is 24.1 Å². The van der Waals surface area contributed by atoms with Crippen molar-refractivity contribution in [2.24, 2.45) is 5.92 Å². The van der Waals surface area contributed by atoms with Crippen LogP contribution in [0.3, 0.4) is 0 Å². The molecule has 0 radical (unpaired) electrons. The predicted octanol–water partition coefficient (Wildman–Crippen LogP) is 5.82. The second kappa shape index (κ2) is 9.65. The summed E-state index contributed by atoms with van der Waals surface area (Å²) in [5.41, 5.74) is -0.139. The number of hydrogen-bond acceptors (Lipinski definition) is 4. The van der Waals surface area contributed by atoms with Gasteiger partial charge in [0.2, 0.25) is 0 Å². The standard InChI is InChI=1S/C23H25ClF2O4S/c1-30-22(27)6-2-4-16-5-3-13-23(15-16,20-14-18(25)9-12-21(20)26)31(28,29)19-10-7-17(24)8-11-19/h7-12,14,16H,2-6,13,15H2,1H3/t16-,23+/m1/s1. The number of benzene rings is 2. The number of carbonyl (C=O) groups is 1. The Labute approximate surface area is 186 Å². The van der Waals surface area contributed by atoms with Crippen molar-refractivity contribution in [3.8, 4) is 0 Å². The van der Waals surface area contributed by atoms with Crippen molar-refractivity contribution in [2.45, 2.75) is 54.6 Å². The minimum atomic E-state index is -4.07. The second-order valence-electron chi connectivity index (χ2n) is 8.01. The summed E-state index contributed by atoms with van der Waals surface area (Å²) in [6.45, 7) is 0. The van der Waals surface area contributed by atoms with E-state index in [9.17, 15) is 22.0 Å².